The van der Waals surface area contributed by atoms with E-state index in [9.17, 15) is 9.59 Å². The zero-order valence-electron chi connectivity index (χ0n) is 19.5. The number of hydrogen-bond donors (Lipinski definition) is 1. The zero-order valence-corrected chi connectivity index (χ0v) is 19.5. The summed E-state index contributed by atoms with van der Waals surface area (Å²) in [5, 5.41) is 7.61. The van der Waals surface area contributed by atoms with Crippen molar-refractivity contribution in [3.8, 4) is 5.75 Å². The van der Waals surface area contributed by atoms with E-state index in [4.69, 9.17) is 9.47 Å². The number of nitrogens with one attached hydrogen (secondary N) is 1. The number of anilines is 3. The normalized spacial score (nSPS) is 10.8. The van der Waals surface area contributed by atoms with E-state index in [0.717, 1.165) is 17.0 Å². The van der Waals surface area contributed by atoms with Gasteiger partial charge in [0.05, 0.1) is 25.6 Å². The Bertz CT molecular complexity index is 1380. The summed E-state index contributed by atoms with van der Waals surface area (Å²) in [6.45, 7) is 2.53. The summed E-state index contributed by atoms with van der Waals surface area (Å²) in [7, 11) is 5.22. The van der Waals surface area contributed by atoms with Crippen LogP contribution in [0.4, 0.5) is 17.2 Å². The van der Waals surface area contributed by atoms with E-state index >= 15 is 0 Å². The Morgan fingerprint density at radius 1 is 1.21 bits per heavy atom. The molecule has 0 spiro atoms. The average Bonchev–Trinajstić information content (AvgIpc) is 3.26. The molecule has 0 unspecified atom stereocenters. The summed E-state index contributed by atoms with van der Waals surface area (Å²) < 4.78 is 13.3. The molecule has 0 saturated carbocycles. The van der Waals surface area contributed by atoms with E-state index in [-0.39, 0.29) is 17.9 Å². The highest BCUT2D eigenvalue weighted by Crippen LogP contribution is 2.26. The molecule has 0 amide bonds. The van der Waals surface area contributed by atoms with E-state index in [2.05, 4.69) is 15.4 Å². The van der Waals surface area contributed by atoms with Gasteiger partial charge in [-0.05, 0) is 36.8 Å². The number of esters is 1. The van der Waals surface area contributed by atoms with Crippen molar-refractivity contribution >= 4 is 28.8 Å². The van der Waals surface area contributed by atoms with Crippen molar-refractivity contribution in [3.05, 3.63) is 76.5 Å². The first-order valence-electron chi connectivity index (χ1n) is 10.7. The minimum Gasteiger partial charge on any atom is -0.497 e. The number of nitrogens with zero attached hydrogens (tertiary/aromatic N) is 5. The van der Waals surface area contributed by atoms with Crippen LogP contribution in [0, 0.1) is 0 Å². The number of methoxy groups -OCH3 is 1. The summed E-state index contributed by atoms with van der Waals surface area (Å²) in [5.41, 5.74) is 2.62. The number of aryl methyl sites for hydroxylation is 1. The van der Waals surface area contributed by atoms with Crippen molar-refractivity contribution in [3.63, 3.8) is 0 Å². The molecule has 0 bridgehead atoms. The lowest BCUT2D eigenvalue weighted by atomic mass is 10.2. The number of rotatable bonds is 8. The molecule has 0 radical (unpaired) electrons. The van der Waals surface area contributed by atoms with Gasteiger partial charge in [-0.15, -0.1) is 5.10 Å². The number of aromatic nitrogens is 4. The molecule has 4 aromatic rings. The number of imidazole rings is 1. The zero-order chi connectivity index (χ0) is 24.2. The van der Waals surface area contributed by atoms with Gasteiger partial charge in [-0.3, -0.25) is 4.79 Å². The molecule has 176 valence electrons. The third-order valence-electron chi connectivity index (χ3n) is 5.31. The fraction of sp³-hybridized carbons (Fsp3) is 0.250. The molecule has 0 atom stereocenters. The van der Waals surface area contributed by atoms with Gasteiger partial charge < -0.3 is 24.3 Å². The molecule has 3 aromatic heterocycles. The van der Waals surface area contributed by atoms with Crippen molar-refractivity contribution in [2.45, 2.75) is 13.5 Å². The lowest BCUT2D eigenvalue weighted by molar-refractivity contribution is 0.0517. The van der Waals surface area contributed by atoms with E-state index < -0.39 is 5.97 Å². The first kappa shape index (κ1) is 22.8. The SMILES string of the molecule is CCOC(=O)c1cnc2c(N(C)Cc3ccc(OC)cc3)cc(Nc3cccn(C)c3=O)nn12. The molecule has 4 rings (SSSR count). The molecular formula is C24H26N6O4. The number of pyridine rings is 1. The second kappa shape index (κ2) is 9.65. The third-order valence-corrected chi connectivity index (χ3v) is 5.31. The summed E-state index contributed by atoms with van der Waals surface area (Å²) >= 11 is 0. The van der Waals surface area contributed by atoms with Gasteiger partial charge in [0.2, 0.25) is 0 Å². The fourth-order valence-electron chi connectivity index (χ4n) is 3.56. The summed E-state index contributed by atoms with van der Waals surface area (Å²) in [5.74, 6) is 0.635. The number of ether oxygens (including phenoxy) is 2. The summed E-state index contributed by atoms with van der Waals surface area (Å²) in [6.07, 6.45) is 3.11. The van der Waals surface area contributed by atoms with E-state index in [1.807, 2.05) is 36.2 Å². The highest BCUT2D eigenvalue weighted by Gasteiger charge is 2.20. The van der Waals surface area contributed by atoms with E-state index in [1.165, 1.54) is 15.3 Å². The molecule has 1 aromatic carbocycles. The molecule has 1 N–H and O–H groups in total. The highest BCUT2D eigenvalue weighted by molar-refractivity contribution is 5.89. The molecule has 0 aliphatic heterocycles. The van der Waals surface area contributed by atoms with Gasteiger partial charge in [0.1, 0.15) is 11.4 Å². The van der Waals surface area contributed by atoms with Gasteiger partial charge in [0.25, 0.3) is 5.56 Å². The second-order valence-electron chi connectivity index (χ2n) is 7.68. The third kappa shape index (κ3) is 4.56. The van der Waals surface area contributed by atoms with Crippen molar-refractivity contribution in [2.75, 3.05) is 31.0 Å². The topological polar surface area (TPSA) is 103 Å². The minimum atomic E-state index is -0.529. The molecule has 0 fully saturated rings. The Balaban J connectivity index is 1.77. The van der Waals surface area contributed by atoms with Gasteiger partial charge in [-0.2, -0.15) is 0 Å². The predicted octanol–water partition coefficient (Wildman–Crippen LogP) is 2.99. The Morgan fingerprint density at radius 3 is 2.68 bits per heavy atom. The van der Waals surface area contributed by atoms with Crippen LogP contribution >= 0.6 is 0 Å². The number of carbonyl (C=O) groups is 1. The van der Waals surface area contributed by atoms with Crippen molar-refractivity contribution < 1.29 is 14.3 Å². The molecule has 10 nitrogen and oxygen atoms in total. The van der Waals surface area contributed by atoms with Crippen molar-refractivity contribution in [1.82, 2.24) is 19.2 Å². The Hall–Kier alpha value is -4.34. The molecule has 3 heterocycles. The van der Waals surface area contributed by atoms with Gasteiger partial charge in [-0.1, -0.05) is 12.1 Å². The molecule has 10 heteroatoms. The van der Waals surface area contributed by atoms with Gasteiger partial charge in [0, 0.05) is 32.9 Å². The van der Waals surface area contributed by atoms with Crippen LogP contribution in [0.15, 0.2) is 59.7 Å². The molecule has 34 heavy (non-hydrogen) atoms. The number of benzene rings is 1. The van der Waals surface area contributed by atoms with Crippen LogP contribution in [0.5, 0.6) is 5.75 Å². The van der Waals surface area contributed by atoms with Crippen LogP contribution in [0.2, 0.25) is 0 Å². The van der Waals surface area contributed by atoms with Gasteiger partial charge >= 0.3 is 5.97 Å². The standard InChI is InChI=1S/C24H26N6O4/c1-5-34-24(32)20-14-25-22-19(29(3)15-16-8-10-17(33-4)11-9-16)13-21(27-30(20)22)26-18-7-6-12-28(2)23(18)31/h6-14H,5,15H2,1-4H3,(H,26,27). The average molecular weight is 463 g/mol. The minimum absolute atomic E-state index is 0.195. The first-order chi connectivity index (χ1) is 16.4. The quantitative estimate of drug-likeness (QED) is 0.399. The lowest BCUT2D eigenvalue weighted by Crippen LogP contribution is -2.21. The number of hydrogen-bond acceptors (Lipinski definition) is 8. The van der Waals surface area contributed by atoms with E-state index in [1.54, 1.807) is 45.5 Å². The molecule has 0 aliphatic rings. The van der Waals surface area contributed by atoms with Crippen molar-refractivity contribution in [1.29, 1.82) is 0 Å². The maximum atomic E-state index is 12.5. The molecule has 0 aliphatic carbocycles. The monoisotopic (exact) mass is 462 g/mol. The highest BCUT2D eigenvalue weighted by atomic mass is 16.5. The fourth-order valence-corrected chi connectivity index (χ4v) is 3.56. The predicted molar refractivity (Wildman–Crippen MR) is 129 cm³/mol. The summed E-state index contributed by atoms with van der Waals surface area (Å²) in [6, 6.07) is 13.0. The largest absolute Gasteiger partial charge is 0.497 e. The van der Waals surface area contributed by atoms with Gasteiger partial charge in [0.15, 0.2) is 17.2 Å². The van der Waals surface area contributed by atoms with Crippen molar-refractivity contribution in [2.24, 2.45) is 7.05 Å². The van der Waals surface area contributed by atoms with Crippen LogP contribution in [0.3, 0.4) is 0 Å². The molecular weight excluding hydrogens is 436 g/mol. The number of fused-ring (bicyclic) bond motifs is 1. The maximum Gasteiger partial charge on any atom is 0.358 e. The Kier molecular flexibility index (Phi) is 6.48. The van der Waals surface area contributed by atoms with E-state index in [0.29, 0.717) is 23.7 Å². The van der Waals surface area contributed by atoms with Crippen LogP contribution in [0.1, 0.15) is 23.0 Å². The smallest absolute Gasteiger partial charge is 0.358 e. The maximum absolute atomic E-state index is 12.5. The van der Waals surface area contributed by atoms with Crippen LogP contribution in [-0.4, -0.2) is 45.9 Å². The lowest BCUT2D eigenvalue weighted by Gasteiger charge is -2.21. The van der Waals surface area contributed by atoms with Crippen LogP contribution in [0.25, 0.3) is 5.65 Å². The first-order valence-corrected chi connectivity index (χ1v) is 10.7. The van der Waals surface area contributed by atoms with Crippen LogP contribution < -0.4 is 20.5 Å². The number of carbonyl (C=O) groups excluding carboxylic acids is 1. The van der Waals surface area contributed by atoms with Gasteiger partial charge in [-0.25, -0.2) is 14.3 Å². The second-order valence-corrected chi connectivity index (χ2v) is 7.68. The molecule has 0 saturated heterocycles. The Labute approximate surface area is 196 Å². The Morgan fingerprint density at radius 2 is 1.97 bits per heavy atom. The van der Waals surface area contributed by atoms with Crippen LogP contribution in [-0.2, 0) is 18.3 Å². The summed E-state index contributed by atoms with van der Waals surface area (Å²) in [4.78, 5) is 31.4.